The summed E-state index contributed by atoms with van der Waals surface area (Å²) in [6.45, 7) is 3.75. The summed E-state index contributed by atoms with van der Waals surface area (Å²) in [6, 6.07) is 9.58. The minimum atomic E-state index is -0.0214. The van der Waals surface area contributed by atoms with Crippen LogP contribution in [0.25, 0.3) is 10.9 Å². The Balaban J connectivity index is 2.41. The van der Waals surface area contributed by atoms with Crippen LogP contribution in [0.15, 0.2) is 36.5 Å². The summed E-state index contributed by atoms with van der Waals surface area (Å²) in [5.41, 5.74) is 1.72. The summed E-state index contributed by atoms with van der Waals surface area (Å²) in [4.78, 5) is 15.9. The molecule has 1 heterocycles. The third-order valence-electron chi connectivity index (χ3n) is 2.43. The van der Waals surface area contributed by atoms with E-state index < -0.39 is 0 Å². The minimum Gasteiger partial charge on any atom is -0.325 e. The zero-order chi connectivity index (χ0) is 11.5. The van der Waals surface area contributed by atoms with Gasteiger partial charge in [0.25, 0.3) is 0 Å². The highest BCUT2D eigenvalue weighted by Crippen LogP contribution is 2.21. The lowest BCUT2D eigenvalue weighted by atomic mass is 10.1. The van der Waals surface area contributed by atoms with Gasteiger partial charge in [-0.05, 0) is 12.1 Å². The van der Waals surface area contributed by atoms with Crippen LogP contribution >= 0.6 is 0 Å². The molecule has 0 saturated heterocycles. The highest BCUT2D eigenvalue weighted by atomic mass is 16.1. The van der Waals surface area contributed by atoms with Crippen molar-refractivity contribution in [3.05, 3.63) is 36.5 Å². The van der Waals surface area contributed by atoms with Crippen LogP contribution in [-0.2, 0) is 4.79 Å². The molecule has 0 bridgehead atoms. The first-order valence-electron chi connectivity index (χ1n) is 5.33. The van der Waals surface area contributed by atoms with Crippen LogP contribution in [0.5, 0.6) is 0 Å². The number of nitrogens with zero attached hydrogens (tertiary/aromatic N) is 1. The molecule has 0 radical (unpaired) electrons. The van der Waals surface area contributed by atoms with E-state index in [0.29, 0.717) is 0 Å². The van der Waals surface area contributed by atoms with Gasteiger partial charge in [0.1, 0.15) is 0 Å². The van der Waals surface area contributed by atoms with Gasteiger partial charge in [0.2, 0.25) is 5.91 Å². The number of carbonyl (C=O) groups is 1. The largest absolute Gasteiger partial charge is 0.325 e. The second kappa shape index (κ2) is 4.31. The highest BCUT2D eigenvalue weighted by molar-refractivity contribution is 6.01. The Bertz CT molecular complexity index is 515. The topological polar surface area (TPSA) is 42.0 Å². The highest BCUT2D eigenvalue weighted by Gasteiger charge is 2.08. The molecule has 82 valence electrons. The maximum absolute atomic E-state index is 11.6. The monoisotopic (exact) mass is 214 g/mol. The van der Waals surface area contributed by atoms with Crippen molar-refractivity contribution in [3.63, 3.8) is 0 Å². The van der Waals surface area contributed by atoms with Crippen LogP contribution in [0.4, 0.5) is 5.69 Å². The third-order valence-corrected chi connectivity index (χ3v) is 2.43. The van der Waals surface area contributed by atoms with E-state index in [2.05, 4.69) is 10.3 Å². The first-order chi connectivity index (χ1) is 7.68. The summed E-state index contributed by atoms with van der Waals surface area (Å²) < 4.78 is 0. The molecule has 0 unspecified atom stereocenters. The average molecular weight is 214 g/mol. The molecule has 1 amide bonds. The number of amides is 1. The molecular formula is C13H14N2O. The Hall–Kier alpha value is -1.90. The maximum atomic E-state index is 11.6. The van der Waals surface area contributed by atoms with Gasteiger partial charge in [-0.15, -0.1) is 0 Å². The number of pyridine rings is 1. The zero-order valence-corrected chi connectivity index (χ0v) is 9.40. The van der Waals surface area contributed by atoms with Gasteiger partial charge in [0.15, 0.2) is 0 Å². The van der Waals surface area contributed by atoms with Crippen molar-refractivity contribution in [2.75, 3.05) is 5.32 Å². The molecule has 1 aromatic carbocycles. The van der Waals surface area contributed by atoms with Gasteiger partial charge in [-0.2, -0.15) is 0 Å². The molecule has 0 atom stereocenters. The number of para-hydroxylation sites is 1. The standard InChI is InChI=1S/C13H14N2O/c1-9(2)13(16)15-12-7-8-14-11-6-4-3-5-10(11)12/h3-9H,1-2H3,(H,14,15,16). The lowest BCUT2D eigenvalue weighted by Gasteiger charge is -2.09. The second-order valence-electron chi connectivity index (χ2n) is 4.02. The summed E-state index contributed by atoms with van der Waals surface area (Å²) in [5, 5.41) is 3.88. The molecule has 1 aromatic heterocycles. The molecule has 0 aliphatic carbocycles. The summed E-state index contributed by atoms with van der Waals surface area (Å²) in [6.07, 6.45) is 1.71. The number of nitrogens with one attached hydrogen (secondary N) is 1. The number of hydrogen-bond donors (Lipinski definition) is 1. The maximum Gasteiger partial charge on any atom is 0.226 e. The van der Waals surface area contributed by atoms with E-state index in [4.69, 9.17) is 0 Å². The summed E-state index contributed by atoms with van der Waals surface area (Å²) in [7, 11) is 0. The first-order valence-corrected chi connectivity index (χ1v) is 5.33. The van der Waals surface area contributed by atoms with E-state index in [0.717, 1.165) is 16.6 Å². The number of benzene rings is 1. The van der Waals surface area contributed by atoms with Crippen molar-refractivity contribution < 1.29 is 4.79 Å². The van der Waals surface area contributed by atoms with E-state index in [1.807, 2.05) is 44.2 Å². The molecule has 0 aliphatic heterocycles. The number of aromatic nitrogens is 1. The quantitative estimate of drug-likeness (QED) is 0.835. The van der Waals surface area contributed by atoms with Crippen LogP contribution in [0.3, 0.4) is 0 Å². The fourth-order valence-electron chi connectivity index (χ4n) is 1.48. The Morgan fingerprint density at radius 3 is 2.75 bits per heavy atom. The van der Waals surface area contributed by atoms with Crippen molar-refractivity contribution in [1.29, 1.82) is 0 Å². The fraction of sp³-hybridized carbons (Fsp3) is 0.231. The van der Waals surface area contributed by atoms with E-state index in [1.54, 1.807) is 6.20 Å². The summed E-state index contributed by atoms with van der Waals surface area (Å²) >= 11 is 0. The minimum absolute atomic E-state index is 0.0214. The smallest absolute Gasteiger partial charge is 0.226 e. The van der Waals surface area contributed by atoms with Crippen molar-refractivity contribution >= 4 is 22.5 Å². The molecule has 1 N–H and O–H groups in total. The van der Waals surface area contributed by atoms with Crippen molar-refractivity contribution in [2.45, 2.75) is 13.8 Å². The molecule has 3 heteroatoms. The molecule has 16 heavy (non-hydrogen) atoms. The normalized spacial score (nSPS) is 10.7. The van der Waals surface area contributed by atoms with Gasteiger partial charge in [0.05, 0.1) is 11.2 Å². The van der Waals surface area contributed by atoms with Crippen LogP contribution in [0.1, 0.15) is 13.8 Å². The van der Waals surface area contributed by atoms with E-state index in [1.165, 1.54) is 0 Å². The SMILES string of the molecule is CC(C)C(=O)Nc1ccnc2ccccc12. The van der Waals surface area contributed by atoms with E-state index >= 15 is 0 Å². The van der Waals surface area contributed by atoms with Crippen LogP contribution in [-0.4, -0.2) is 10.9 Å². The molecular weight excluding hydrogens is 200 g/mol. The molecule has 2 rings (SSSR count). The first kappa shape index (κ1) is 10.6. The van der Waals surface area contributed by atoms with Gasteiger partial charge >= 0.3 is 0 Å². The average Bonchev–Trinajstić information content (AvgIpc) is 2.29. The molecule has 0 fully saturated rings. The number of hydrogen-bond acceptors (Lipinski definition) is 2. The second-order valence-corrected chi connectivity index (χ2v) is 4.02. The molecule has 3 nitrogen and oxygen atoms in total. The molecule has 0 aliphatic rings. The van der Waals surface area contributed by atoms with Crippen molar-refractivity contribution in [1.82, 2.24) is 4.98 Å². The Morgan fingerprint density at radius 1 is 1.25 bits per heavy atom. The van der Waals surface area contributed by atoms with E-state index in [9.17, 15) is 4.79 Å². The van der Waals surface area contributed by atoms with Crippen molar-refractivity contribution in [2.24, 2.45) is 5.92 Å². The Morgan fingerprint density at radius 2 is 2.00 bits per heavy atom. The fourth-order valence-corrected chi connectivity index (χ4v) is 1.48. The Kier molecular flexibility index (Phi) is 2.86. The molecule has 0 saturated carbocycles. The molecule has 2 aromatic rings. The zero-order valence-electron chi connectivity index (χ0n) is 9.40. The number of anilines is 1. The number of rotatable bonds is 2. The van der Waals surface area contributed by atoms with Gasteiger partial charge < -0.3 is 5.32 Å². The third kappa shape index (κ3) is 2.03. The van der Waals surface area contributed by atoms with Gasteiger partial charge in [-0.1, -0.05) is 32.0 Å². The summed E-state index contributed by atoms with van der Waals surface area (Å²) in [5.74, 6) is 0.00304. The predicted octanol–water partition coefficient (Wildman–Crippen LogP) is 2.83. The predicted molar refractivity (Wildman–Crippen MR) is 65.2 cm³/mol. The van der Waals surface area contributed by atoms with Gasteiger partial charge in [-0.3, -0.25) is 9.78 Å². The van der Waals surface area contributed by atoms with E-state index in [-0.39, 0.29) is 11.8 Å². The lowest BCUT2D eigenvalue weighted by Crippen LogP contribution is -2.17. The number of carbonyl (C=O) groups excluding carboxylic acids is 1. The van der Waals surface area contributed by atoms with Crippen LogP contribution in [0, 0.1) is 5.92 Å². The molecule has 0 spiro atoms. The van der Waals surface area contributed by atoms with Crippen LogP contribution < -0.4 is 5.32 Å². The Labute approximate surface area is 94.5 Å². The lowest BCUT2D eigenvalue weighted by molar-refractivity contribution is -0.118. The van der Waals surface area contributed by atoms with Crippen LogP contribution in [0.2, 0.25) is 0 Å². The van der Waals surface area contributed by atoms with Gasteiger partial charge in [-0.25, -0.2) is 0 Å². The van der Waals surface area contributed by atoms with Crippen molar-refractivity contribution in [3.8, 4) is 0 Å². The van der Waals surface area contributed by atoms with Gasteiger partial charge in [0, 0.05) is 17.5 Å². The number of fused-ring (bicyclic) bond motifs is 1.